The molecule has 0 bridgehead atoms. The van der Waals surface area contributed by atoms with Gasteiger partial charge >= 0.3 is 0 Å². The van der Waals surface area contributed by atoms with E-state index in [0.717, 1.165) is 5.65 Å². The molecule has 0 radical (unpaired) electrons. The van der Waals surface area contributed by atoms with Gasteiger partial charge in [-0.2, -0.15) is 0 Å². The lowest BCUT2D eigenvalue weighted by Gasteiger charge is -1.99. The van der Waals surface area contributed by atoms with Gasteiger partial charge in [-0.15, -0.1) is 34.0 Å². The van der Waals surface area contributed by atoms with Crippen LogP contribution in [-0.4, -0.2) is 9.55 Å². The van der Waals surface area contributed by atoms with E-state index in [0.29, 0.717) is 0 Å². The largest absolute Gasteiger partial charge is 0.292 e. The van der Waals surface area contributed by atoms with Crippen molar-refractivity contribution in [1.82, 2.24) is 9.55 Å². The fraction of sp³-hybridized carbons (Fsp3) is 0. The maximum atomic E-state index is 4.51. The molecule has 0 aliphatic rings. The predicted octanol–water partition coefficient (Wildman–Crippen LogP) is 7.31. The highest BCUT2D eigenvalue weighted by Crippen LogP contribution is 2.41. The van der Waals surface area contributed by atoms with Crippen molar-refractivity contribution in [2.45, 2.75) is 0 Å². The monoisotopic (exact) mass is 442 g/mol. The summed E-state index contributed by atoms with van der Waals surface area (Å²) in [6, 6.07) is 19.3. The number of nitrogens with zero attached hydrogens (tertiary/aromatic N) is 2. The smallest absolute Gasteiger partial charge is 0.145 e. The average Bonchev–Trinajstić information content (AvgIpc) is 3.39. The van der Waals surface area contributed by atoms with Crippen molar-refractivity contribution in [1.29, 1.82) is 0 Å². The highest BCUT2D eigenvalue weighted by Gasteiger charge is 2.11. The summed E-state index contributed by atoms with van der Waals surface area (Å²) in [5.41, 5.74) is 1.01. The molecule has 0 amide bonds. The summed E-state index contributed by atoms with van der Waals surface area (Å²) >= 11 is 8.96. The summed E-state index contributed by atoms with van der Waals surface area (Å²) in [5, 5.41) is 2.36. The van der Waals surface area contributed by atoms with Gasteiger partial charge in [0, 0.05) is 37.3 Å². The lowest BCUT2D eigenvalue weighted by Crippen LogP contribution is -1.89. The molecule has 5 heterocycles. The third-order valence-corrected chi connectivity index (χ3v) is 8.13. The van der Waals surface area contributed by atoms with Crippen LogP contribution in [0.25, 0.3) is 35.5 Å². The molecule has 0 saturated carbocycles. The van der Waals surface area contributed by atoms with Crippen LogP contribution in [0, 0.1) is 0 Å². The molecule has 0 aromatic carbocycles. The topological polar surface area (TPSA) is 17.8 Å². The molecule has 122 valence electrons. The normalized spacial score (nSPS) is 11.4. The standard InChI is InChI=1S/C19H11BrN2S3/c20-17-7-5-15(24-17)13-3-4-14(23-13)16-6-8-18(25-16)22-11-9-12-2-1-10-21-19(12)22/h1-11H. The summed E-state index contributed by atoms with van der Waals surface area (Å²) < 4.78 is 3.33. The molecule has 5 rings (SSSR count). The van der Waals surface area contributed by atoms with Crippen LogP contribution in [0.15, 0.2) is 70.8 Å². The molecule has 0 N–H and O–H groups in total. The van der Waals surface area contributed by atoms with Crippen molar-refractivity contribution < 1.29 is 0 Å². The van der Waals surface area contributed by atoms with Crippen LogP contribution < -0.4 is 0 Å². The van der Waals surface area contributed by atoms with Crippen molar-refractivity contribution in [3.05, 3.63) is 70.8 Å². The van der Waals surface area contributed by atoms with Crippen molar-refractivity contribution in [3.8, 4) is 24.5 Å². The van der Waals surface area contributed by atoms with E-state index < -0.39 is 0 Å². The van der Waals surface area contributed by atoms with Crippen LogP contribution in [0.2, 0.25) is 0 Å². The van der Waals surface area contributed by atoms with E-state index in [9.17, 15) is 0 Å². The molecule has 2 nitrogen and oxygen atoms in total. The predicted molar refractivity (Wildman–Crippen MR) is 113 cm³/mol. The van der Waals surface area contributed by atoms with Crippen LogP contribution in [0.5, 0.6) is 0 Å². The van der Waals surface area contributed by atoms with Gasteiger partial charge in [-0.3, -0.25) is 4.57 Å². The number of aromatic nitrogens is 2. The molecular weight excluding hydrogens is 432 g/mol. The van der Waals surface area contributed by atoms with Crippen molar-refractivity contribution in [2.24, 2.45) is 0 Å². The molecule has 25 heavy (non-hydrogen) atoms. The highest BCUT2D eigenvalue weighted by molar-refractivity contribution is 9.11. The molecule has 0 aliphatic carbocycles. The van der Waals surface area contributed by atoms with Gasteiger partial charge < -0.3 is 0 Å². The lowest BCUT2D eigenvalue weighted by atomic mass is 10.3. The van der Waals surface area contributed by atoms with Crippen LogP contribution >= 0.6 is 49.9 Å². The maximum absolute atomic E-state index is 4.51. The van der Waals surface area contributed by atoms with E-state index in [1.54, 1.807) is 22.7 Å². The van der Waals surface area contributed by atoms with Crippen molar-refractivity contribution in [2.75, 3.05) is 0 Å². The first kappa shape index (κ1) is 15.5. The number of rotatable bonds is 3. The van der Waals surface area contributed by atoms with E-state index in [4.69, 9.17) is 0 Å². The van der Waals surface area contributed by atoms with E-state index in [2.05, 4.69) is 80.2 Å². The summed E-state index contributed by atoms with van der Waals surface area (Å²) in [4.78, 5) is 9.73. The number of hydrogen-bond donors (Lipinski definition) is 0. The van der Waals surface area contributed by atoms with Gasteiger partial charge in [-0.05, 0) is 70.5 Å². The van der Waals surface area contributed by atoms with Gasteiger partial charge in [0.05, 0.1) is 3.79 Å². The number of halogens is 1. The summed E-state index contributed by atoms with van der Waals surface area (Å²) in [6.45, 7) is 0. The van der Waals surface area contributed by atoms with Gasteiger partial charge in [0.2, 0.25) is 0 Å². The Morgan fingerprint density at radius 3 is 2.28 bits per heavy atom. The summed E-state index contributed by atoms with van der Waals surface area (Å²) in [6.07, 6.45) is 3.94. The molecule has 5 aromatic heterocycles. The minimum Gasteiger partial charge on any atom is -0.292 e. The number of pyridine rings is 1. The first-order valence-electron chi connectivity index (χ1n) is 7.66. The Labute approximate surface area is 165 Å². The van der Waals surface area contributed by atoms with Gasteiger partial charge in [0.15, 0.2) is 0 Å². The fourth-order valence-electron chi connectivity index (χ4n) is 2.78. The van der Waals surface area contributed by atoms with Crippen LogP contribution in [0.3, 0.4) is 0 Å². The van der Waals surface area contributed by atoms with Gasteiger partial charge in [-0.25, -0.2) is 4.98 Å². The van der Waals surface area contributed by atoms with E-state index >= 15 is 0 Å². The Kier molecular flexibility index (Phi) is 3.86. The van der Waals surface area contributed by atoms with E-state index in [1.807, 2.05) is 23.6 Å². The Bertz CT molecular complexity index is 1180. The quantitative estimate of drug-likeness (QED) is 0.286. The molecule has 0 atom stereocenters. The maximum Gasteiger partial charge on any atom is 0.145 e. The van der Waals surface area contributed by atoms with E-state index in [1.165, 1.54) is 33.7 Å². The minimum absolute atomic E-state index is 1.01. The van der Waals surface area contributed by atoms with Gasteiger partial charge in [-0.1, -0.05) is 0 Å². The second-order valence-electron chi connectivity index (χ2n) is 5.51. The Morgan fingerprint density at radius 1 is 0.760 bits per heavy atom. The van der Waals surface area contributed by atoms with Crippen LogP contribution in [0.4, 0.5) is 0 Å². The number of hydrogen-bond acceptors (Lipinski definition) is 4. The fourth-order valence-corrected chi connectivity index (χ4v) is 6.35. The Balaban J connectivity index is 1.52. The van der Waals surface area contributed by atoms with Gasteiger partial charge in [0.25, 0.3) is 0 Å². The van der Waals surface area contributed by atoms with Crippen molar-refractivity contribution >= 4 is 61.0 Å². The number of thiophene rings is 3. The zero-order valence-electron chi connectivity index (χ0n) is 12.8. The van der Waals surface area contributed by atoms with Crippen molar-refractivity contribution in [3.63, 3.8) is 0 Å². The highest BCUT2D eigenvalue weighted by atomic mass is 79.9. The zero-order valence-corrected chi connectivity index (χ0v) is 16.9. The molecular formula is C19H11BrN2S3. The first-order valence-corrected chi connectivity index (χ1v) is 10.9. The third kappa shape index (κ3) is 2.79. The Hall–Kier alpha value is -1.73. The minimum atomic E-state index is 1.01. The molecule has 0 spiro atoms. The average molecular weight is 443 g/mol. The second-order valence-corrected chi connectivity index (χ2v) is 10.1. The third-order valence-electron chi connectivity index (χ3n) is 3.94. The summed E-state index contributed by atoms with van der Waals surface area (Å²) in [5.74, 6) is 0. The first-order chi connectivity index (χ1) is 12.3. The molecule has 0 fully saturated rings. The lowest BCUT2D eigenvalue weighted by molar-refractivity contribution is 1.12. The molecule has 0 saturated heterocycles. The molecule has 0 aliphatic heterocycles. The van der Waals surface area contributed by atoms with E-state index in [-0.39, 0.29) is 0 Å². The van der Waals surface area contributed by atoms with Crippen LogP contribution in [0.1, 0.15) is 0 Å². The Morgan fingerprint density at radius 2 is 1.48 bits per heavy atom. The zero-order chi connectivity index (χ0) is 16.8. The number of fused-ring (bicyclic) bond motifs is 1. The SMILES string of the molecule is Brc1ccc(-c2ccc(-c3ccc(-n4ccc5cccnc54)s3)s2)s1. The van der Waals surface area contributed by atoms with Gasteiger partial charge in [0.1, 0.15) is 10.6 Å². The van der Waals surface area contributed by atoms with Crippen LogP contribution in [-0.2, 0) is 0 Å². The molecule has 6 heteroatoms. The molecule has 0 unspecified atom stereocenters. The summed E-state index contributed by atoms with van der Waals surface area (Å²) in [7, 11) is 0. The second kappa shape index (κ2) is 6.21. The molecule has 5 aromatic rings.